The van der Waals surface area contributed by atoms with Gasteiger partial charge in [-0.05, 0) is 60.5 Å². The van der Waals surface area contributed by atoms with Crippen LogP contribution in [-0.2, 0) is 22.6 Å². The van der Waals surface area contributed by atoms with Crippen LogP contribution in [0.3, 0.4) is 0 Å². The fourth-order valence-corrected chi connectivity index (χ4v) is 6.86. The zero-order chi connectivity index (χ0) is 30.7. The quantitative estimate of drug-likeness (QED) is 0.187. The molecule has 2 aromatic heterocycles. The van der Waals surface area contributed by atoms with Crippen molar-refractivity contribution in [2.24, 2.45) is 0 Å². The zero-order valence-electron chi connectivity index (χ0n) is 23.4. The maximum Gasteiger partial charge on any atom is 0.487 e. The summed E-state index contributed by atoms with van der Waals surface area (Å²) in [4.78, 5) is 35.7. The van der Waals surface area contributed by atoms with Crippen LogP contribution in [0.25, 0.3) is 33.4 Å². The Morgan fingerprint density at radius 1 is 1.09 bits per heavy atom. The van der Waals surface area contributed by atoms with Crippen LogP contribution in [0.2, 0.25) is 0 Å². The zero-order valence-corrected chi connectivity index (χ0v) is 25.0. The van der Waals surface area contributed by atoms with E-state index in [1.807, 2.05) is 12.1 Å². The molecule has 1 atom stereocenters. The number of hydrogen-bond acceptors (Lipinski definition) is 7. The van der Waals surface area contributed by atoms with Gasteiger partial charge in [-0.2, -0.15) is 0 Å². The molecule has 0 spiro atoms. The molecular formula is C31H24ClF2N5O4S. The topological polar surface area (TPSA) is 107 Å². The van der Waals surface area contributed by atoms with Crippen molar-refractivity contribution < 1.29 is 27.8 Å². The van der Waals surface area contributed by atoms with Crippen LogP contribution in [-0.4, -0.2) is 38.5 Å². The Hall–Kier alpha value is -4.39. The summed E-state index contributed by atoms with van der Waals surface area (Å²) < 4.78 is 38.2. The number of carbonyl (C=O) groups excluding carboxylic acids is 2. The van der Waals surface area contributed by atoms with E-state index in [2.05, 4.69) is 39.0 Å². The van der Waals surface area contributed by atoms with Crippen molar-refractivity contribution in [1.82, 2.24) is 14.5 Å². The number of benzene rings is 3. The predicted octanol–water partition coefficient (Wildman–Crippen LogP) is 7.20. The van der Waals surface area contributed by atoms with Crippen LogP contribution in [0.1, 0.15) is 46.5 Å². The Morgan fingerprint density at radius 3 is 2.64 bits per heavy atom. The van der Waals surface area contributed by atoms with Crippen molar-refractivity contribution in [3.8, 4) is 28.1 Å². The number of imidazole rings is 1. The number of alkyl halides is 3. The molecule has 9 nitrogen and oxygen atoms in total. The second kappa shape index (κ2) is 10.7. The largest absolute Gasteiger partial charge is 0.487 e. The van der Waals surface area contributed by atoms with Gasteiger partial charge in [-0.25, -0.2) is 9.97 Å². The molecule has 0 fully saturated rings. The van der Waals surface area contributed by atoms with Gasteiger partial charge in [-0.1, -0.05) is 12.1 Å². The third-order valence-electron chi connectivity index (χ3n) is 7.50. The van der Waals surface area contributed by atoms with Crippen LogP contribution in [0.15, 0.2) is 54.6 Å². The molecule has 0 radical (unpaired) electrons. The molecule has 0 unspecified atom stereocenters. The fraction of sp³-hybridized carbons (Fsp3) is 0.226. The number of thiazole rings is 1. The predicted molar refractivity (Wildman–Crippen MR) is 164 cm³/mol. The van der Waals surface area contributed by atoms with E-state index in [4.69, 9.17) is 26.3 Å². The Bertz CT molecular complexity index is 1970. The number of ether oxygens (including phenoxy) is 2. The van der Waals surface area contributed by atoms with Crippen molar-refractivity contribution in [1.29, 1.82) is 0 Å². The van der Waals surface area contributed by atoms with Crippen LogP contribution < -0.4 is 15.4 Å². The first-order valence-electron chi connectivity index (χ1n) is 13.7. The highest BCUT2D eigenvalue weighted by Gasteiger charge is 2.29. The number of amides is 2. The molecule has 44 heavy (non-hydrogen) atoms. The van der Waals surface area contributed by atoms with E-state index in [1.165, 1.54) is 42.5 Å². The van der Waals surface area contributed by atoms with E-state index >= 15 is 0 Å². The smallest absolute Gasteiger partial charge is 0.420 e. The summed E-state index contributed by atoms with van der Waals surface area (Å²) in [5.74, 6) is 0.0547. The second-order valence-corrected chi connectivity index (χ2v) is 12.2. The van der Waals surface area contributed by atoms with Gasteiger partial charge in [0.2, 0.25) is 5.91 Å². The minimum absolute atomic E-state index is 0.0306. The lowest BCUT2D eigenvalue weighted by Gasteiger charge is -2.23. The molecular weight excluding hydrogens is 612 g/mol. The minimum atomic E-state index is -3.84. The normalized spacial score (nSPS) is 15.4. The van der Waals surface area contributed by atoms with Crippen molar-refractivity contribution in [3.05, 3.63) is 76.4 Å². The summed E-state index contributed by atoms with van der Waals surface area (Å²) >= 11 is 6.31. The summed E-state index contributed by atoms with van der Waals surface area (Å²) in [5, 5.41) is 6.16. The number of hydrogen-bond donors (Lipinski definition) is 2. The van der Waals surface area contributed by atoms with E-state index in [0.29, 0.717) is 35.1 Å². The average Bonchev–Trinajstić information content (AvgIpc) is 3.63. The number of nitrogens with one attached hydrogen (secondary N) is 2. The van der Waals surface area contributed by atoms with Gasteiger partial charge < -0.3 is 24.7 Å². The molecule has 0 saturated heterocycles. The Labute approximate surface area is 258 Å². The molecule has 2 aliphatic rings. The highest BCUT2D eigenvalue weighted by molar-refractivity contribution is 7.16. The molecule has 7 rings (SSSR count). The van der Waals surface area contributed by atoms with Gasteiger partial charge in [0.1, 0.15) is 18.2 Å². The number of rotatable bonds is 6. The third kappa shape index (κ3) is 5.29. The Morgan fingerprint density at radius 2 is 1.89 bits per heavy atom. The molecule has 13 heteroatoms. The second-order valence-electron chi connectivity index (χ2n) is 10.7. The first-order chi connectivity index (χ1) is 21.0. The lowest BCUT2D eigenvalue weighted by atomic mass is 9.96. The van der Waals surface area contributed by atoms with Crippen LogP contribution in [0.4, 0.5) is 19.6 Å². The lowest BCUT2D eigenvalue weighted by molar-refractivity contribution is -0.114. The van der Waals surface area contributed by atoms with Crippen LogP contribution >= 0.6 is 22.9 Å². The van der Waals surface area contributed by atoms with Crippen molar-refractivity contribution in [2.45, 2.75) is 38.5 Å². The summed E-state index contributed by atoms with van der Waals surface area (Å²) in [6.45, 7) is 4.41. The van der Waals surface area contributed by atoms with Crippen molar-refractivity contribution in [3.63, 3.8) is 0 Å². The Balaban J connectivity index is 1.29. The highest BCUT2D eigenvalue weighted by Crippen LogP contribution is 2.44. The van der Waals surface area contributed by atoms with Crippen LogP contribution in [0.5, 0.6) is 5.75 Å². The summed E-state index contributed by atoms with van der Waals surface area (Å²) in [6, 6.07) is 15.3. The van der Waals surface area contributed by atoms with Gasteiger partial charge in [-0.3, -0.25) is 9.59 Å². The number of aromatic nitrogens is 3. The van der Waals surface area contributed by atoms with Gasteiger partial charge in [-0.15, -0.1) is 20.1 Å². The molecule has 0 saturated carbocycles. The summed E-state index contributed by atoms with van der Waals surface area (Å²) in [7, 11) is 0. The number of anilines is 2. The summed E-state index contributed by atoms with van der Waals surface area (Å²) in [6.07, 6.45) is 0.725. The molecule has 1 aliphatic carbocycles. The SMILES string of the molecule is CC(=O)Nc1nc2c(s1)Cc1ccc(-c3cc(C(=O)Nc4ccc(OC(F)(F)Cl)cc4)cc4nc5n(c34)[C@H](C)COC5)cc1-2. The number of fused-ring (bicyclic) bond motifs is 6. The molecule has 2 N–H and O–H groups in total. The van der Waals surface area contributed by atoms with Gasteiger partial charge >= 0.3 is 5.57 Å². The monoisotopic (exact) mass is 635 g/mol. The maximum atomic E-state index is 13.5. The van der Waals surface area contributed by atoms with Crippen molar-refractivity contribution >= 4 is 56.6 Å². The average molecular weight is 636 g/mol. The fourth-order valence-electron chi connectivity index (χ4n) is 5.72. The number of halogens is 3. The van der Waals surface area contributed by atoms with Gasteiger partial charge in [0.15, 0.2) is 5.13 Å². The third-order valence-corrected chi connectivity index (χ3v) is 8.55. The lowest BCUT2D eigenvalue weighted by Crippen LogP contribution is -2.21. The molecule has 0 bridgehead atoms. The van der Waals surface area contributed by atoms with E-state index in [1.54, 1.807) is 6.07 Å². The Kier molecular flexibility index (Phi) is 6.87. The molecule has 3 heterocycles. The van der Waals surface area contributed by atoms with E-state index in [9.17, 15) is 18.4 Å². The van der Waals surface area contributed by atoms with E-state index in [-0.39, 0.29) is 17.7 Å². The molecule has 3 aromatic carbocycles. The summed E-state index contributed by atoms with van der Waals surface area (Å²) in [5.41, 5.74) is 3.13. The molecule has 1 aliphatic heterocycles. The molecule has 2 amide bonds. The molecule has 224 valence electrons. The van der Waals surface area contributed by atoms with Crippen LogP contribution in [0, 0.1) is 0 Å². The van der Waals surface area contributed by atoms with E-state index in [0.717, 1.165) is 50.6 Å². The minimum Gasteiger partial charge on any atom is -0.420 e. The highest BCUT2D eigenvalue weighted by atomic mass is 35.5. The number of nitrogens with zero attached hydrogens (tertiary/aromatic N) is 3. The van der Waals surface area contributed by atoms with E-state index < -0.39 is 11.5 Å². The van der Waals surface area contributed by atoms with Crippen molar-refractivity contribution in [2.75, 3.05) is 17.2 Å². The maximum absolute atomic E-state index is 13.5. The first kappa shape index (κ1) is 28.4. The van der Waals surface area contributed by atoms with Gasteiger partial charge in [0.05, 0.1) is 29.4 Å². The van der Waals surface area contributed by atoms with Gasteiger partial charge in [0.25, 0.3) is 5.91 Å². The standard InChI is InChI=1S/C31H24ClF2N5O4S/c1-15-13-42-14-26-37-24-11-19(29(41)36-20-5-7-21(8-6-20)43-31(32,33)34)10-23(28(24)39(15)26)17-3-4-18-12-25-27(22(18)9-17)38-30(44-25)35-16(2)40/h3-11,15H,12-14H2,1-2H3,(H,36,41)(H,35,38,40)/t15-/m1/s1. The number of carbonyl (C=O) groups is 2. The first-order valence-corrected chi connectivity index (χ1v) is 14.9. The van der Waals surface area contributed by atoms with Gasteiger partial charge in [0, 0.05) is 52.2 Å². The molecule has 5 aromatic rings.